The zero-order chi connectivity index (χ0) is 25.2. The number of carbonyl (C=O) groups is 4. The summed E-state index contributed by atoms with van der Waals surface area (Å²) in [6.07, 6.45) is 3.67. The van der Waals surface area contributed by atoms with Crippen LogP contribution in [0, 0.1) is 0 Å². The third kappa shape index (κ3) is 7.95. The van der Waals surface area contributed by atoms with Crippen molar-refractivity contribution in [2.45, 2.75) is 51.1 Å². The van der Waals surface area contributed by atoms with Crippen LogP contribution in [0.5, 0.6) is 5.75 Å². The van der Waals surface area contributed by atoms with Crippen molar-refractivity contribution in [2.75, 3.05) is 46.4 Å². The van der Waals surface area contributed by atoms with Crippen LogP contribution in [0.2, 0.25) is 0 Å². The molecule has 1 fully saturated rings. The predicted molar refractivity (Wildman–Crippen MR) is 131 cm³/mol. The molecule has 1 saturated heterocycles. The number of hydrogen-bond acceptors (Lipinski definition) is 6. The Morgan fingerprint density at radius 2 is 1.83 bits per heavy atom. The first-order valence-corrected chi connectivity index (χ1v) is 12.4. The molecule has 1 aromatic carbocycles. The van der Waals surface area contributed by atoms with Crippen LogP contribution in [0.1, 0.15) is 49.4 Å². The Morgan fingerprint density at radius 1 is 1.09 bits per heavy atom. The first-order chi connectivity index (χ1) is 16.8. The molecule has 3 N–H and O–H groups in total. The van der Waals surface area contributed by atoms with Gasteiger partial charge in [0.2, 0.25) is 17.7 Å². The van der Waals surface area contributed by atoms with Gasteiger partial charge in [-0.3, -0.25) is 19.2 Å². The van der Waals surface area contributed by atoms with E-state index in [4.69, 9.17) is 4.74 Å². The lowest BCUT2D eigenvalue weighted by atomic mass is 10.1. The van der Waals surface area contributed by atoms with Gasteiger partial charge in [0.1, 0.15) is 24.4 Å². The summed E-state index contributed by atoms with van der Waals surface area (Å²) in [4.78, 5) is 54.9. The topological polar surface area (TPSA) is 120 Å². The predicted octanol–water partition coefficient (Wildman–Crippen LogP) is 0.523. The number of benzene rings is 1. The van der Waals surface area contributed by atoms with Gasteiger partial charge in [0.25, 0.3) is 5.91 Å². The summed E-state index contributed by atoms with van der Waals surface area (Å²) in [7, 11) is 1.63. The lowest BCUT2D eigenvalue weighted by Gasteiger charge is -2.27. The van der Waals surface area contributed by atoms with Gasteiger partial charge in [0.15, 0.2) is 0 Å². The molecule has 0 saturated carbocycles. The number of piperidine rings is 1. The first kappa shape index (κ1) is 26.5. The first-order valence-electron chi connectivity index (χ1n) is 12.4. The molecule has 10 heteroatoms. The Hall–Kier alpha value is -3.14. The lowest BCUT2D eigenvalue weighted by Crippen LogP contribution is -2.49. The number of likely N-dealkylation sites (N-methyl/N-ethyl adjacent to an activating group) is 1. The van der Waals surface area contributed by atoms with E-state index in [0.29, 0.717) is 17.9 Å². The number of para-hydroxylation sites is 1. The summed E-state index contributed by atoms with van der Waals surface area (Å²) in [5, 5.41) is 8.37. The van der Waals surface area contributed by atoms with E-state index in [2.05, 4.69) is 20.9 Å². The molecule has 4 amide bonds. The van der Waals surface area contributed by atoms with Crippen molar-refractivity contribution in [2.24, 2.45) is 0 Å². The second kappa shape index (κ2) is 13.1. The van der Waals surface area contributed by atoms with Gasteiger partial charge >= 0.3 is 0 Å². The number of amides is 4. The summed E-state index contributed by atoms with van der Waals surface area (Å²) >= 11 is 0. The van der Waals surface area contributed by atoms with Crippen molar-refractivity contribution < 1.29 is 23.9 Å². The fourth-order valence-electron chi connectivity index (χ4n) is 4.31. The molecular weight excluding hydrogens is 450 g/mol. The maximum Gasteiger partial charge on any atom is 0.255 e. The minimum atomic E-state index is -0.901. The van der Waals surface area contributed by atoms with Crippen molar-refractivity contribution in [3.05, 3.63) is 29.8 Å². The quantitative estimate of drug-likeness (QED) is 0.570. The molecule has 2 atom stereocenters. The van der Waals surface area contributed by atoms with E-state index < -0.39 is 18.0 Å². The molecule has 3 rings (SSSR count). The highest BCUT2D eigenvalue weighted by Crippen LogP contribution is 2.18. The molecule has 0 spiro atoms. The minimum absolute atomic E-state index is 0.00995. The highest BCUT2D eigenvalue weighted by molar-refractivity contribution is 5.99. The monoisotopic (exact) mass is 487 g/mol. The van der Waals surface area contributed by atoms with E-state index in [0.717, 1.165) is 19.6 Å². The third-order valence-corrected chi connectivity index (χ3v) is 6.40. The summed E-state index contributed by atoms with van der Waals surface area (Å²) in [6, 6.07) is 5.16. The van der Waals surface area contributed by atoms with E-state index >= 15 is 0 Å². The Morgan fingerprint density at radius 3 is 2.60 bits per heavy atom. The standard InChI is InChI=1S/C25H37N5O5/c1-18-25(34)29(2)16-17-35-21-9-5-4-8-19(21)23(32)28-20(10-11-22(31)27-18)24(33)26-12-15-30-13-6-3-7-14-30/h4-5,8-9,18,20H,3,6-7,10-17H2,1-2H3,(H,26,33)(H,27,31)(H,28,32)/t18-,20-/m0/s1. The van der Waals surface area contributed by atoms with E-state index in [1.165, 1.54) is 24.2 Å². The van der Waals surface area contributed by atoms with Crippen LogP contribution >= 0.6 is 0 Å². The average molecular weight is 488 g/mol. The van der Waals surface area contributed by atoms with Crippen LogP contribution in [0.3, 0.4) is 0 Å². The van der Waals surface area contributed by atoms with Crippen molar-refractivity contribution in [1.82, 2.24) is 25.8 Å². The van der Waals surface area contributed by atoms with Gasteiger partial charge in [-0.25, -0.2) is 0 Å². The van der Waals surface area contributed by atoms with Crippen molar-refractivity contribution >= 4 is 23.6 Å². The molecule has 0 unspecified atom stereocenters. The van der Waals surface area contributed by atoms with Gasteiger partial charge in [-0.2, -0.15) is 0 Å². The molecule has 2 aliphatic rings. The average Bonchev–Trinajstić information content (AvgIpc) is 2.86. The van der Waals surface area contributed by atoms with E-state index in [1.54, 1.807) is 38.2 Å². The fourth-order valence-corrected chi connectivity index (χ4v) is 4.31. The van der Waals surface area contributed by atoms with E-state index in [9.17, 15) is 19.2 Å². The Bertz CT molecular complexity index is 902. The number of likely N-dealkylation sites (tertiary alicyclic amines) is 1. The van der Waals surface area contributed by atoms with Gasteiger partial charge in [-0.05, 0) is 51.4 Å². The molecule has 35 heavy (non-hydrogen) atoms. The van der Waals surface area contributed by atoms with Gasteiger partial charge in [0, 0.05) is 26.6 Å². The number of ether oxygens (including phenoxy) is 1. The smallest absolute Gasteiger partial charge is 0.255 e. The second-order valence-electron chi connectivity index (χ2n) is 9.15. The molecule has 1 aromatic rings. The molecular formula is C25H37N5O5. The fraction of sp³-hybridized carbons (Fsp3) is 0.600. The Balaban J connectivity index is 1.72. The van der Waals surface area contributed by atoms with Gasteiger partial charge in [-0.15, -0.1) is 0 Å². The number of hydrogen-bond donors (Lipinski definition) is 3. The third-order valence-electron chi connectivity index (χ3n) is 6.40. The van der Waals surface area contributed by atoms with Crippen molar-refractivity contribution in [3.63, 3.8) is 0 Å². The largest absolute Gasteiger partial charge is 0.491 e. The van der Waals surface area contributed by atoms with E-state index in [1.807, 2.05) is 0 Å². The number of nitrogens with zero attached hydrogens (tertiary/aromatic N) is 2. The van der Waals surface area contributed by atoms with Crippen molar-refractivity contribution in [3.8, 4) is 5.75 Å². The number of nitrogens with one attached hydrogen (secondary N) is 3. The second-order valence-corrected chi connectivity index (χ2v) is 9.15. The highest BCUT2D eigenvalue weighted by Gasteiger charge is 2.26. The van der Waals surface area contributed by atoms with Crippen LogP contribution in [-0.2, 0) is 14.4 Å². The normalized spacial score (nSPS) is 23.1. The van der Waals surface area contributed by atoms with Crippen LogP contribution in [0.4, 0.5) is 0 Å². The molecule has 0 radical (unpaired) electrons. The van der Waals surface area contributed by atoms with Gasteiger partial charge in [0.05, 0.1) is 12.1 Å². The summed E-state index contributed by atoms with van der Waals surface area (Å²) < 4.78 is 5.79. The summed E-state index contributed by atoms with van der Waals surface area (Å²) in [5.74, 6) is -1.02. The zero-order valence-corrected chi connectivity index (χ0v) is 20.7. The molecule has 192 valence electrons. The Kier molecular flexibility index (Phi) is 9.89. The SMILES string of the molecule is C[C@@H]1NC(=O)CC[C@@H](C(=O)NCCN2CCCCC2)NC(=O)c2ccccc2OCCN(C)C1=O. The van der Waals surface area contributed by atoms with Crippen LogP contribution in [0.25, 0.3) is 0 Å². The number of fused-ring (bicyclic) bond motifs is 1. The number of carbonyl (C=O) groups excluding carboxylic acids is 4. The van der Waals surface area contributed by atoms with Crippen molar-refractivity contribution in [1.29, 1.82) is 0 Å². The molecule has 0 aliphatic carbocycles. The maximum atomic E-state index is 13.1. The molecule has 10 nitrogen and oxygen atoms in total. The molecule has 0 aromatic heterocycles. The molecule has 0 bridgehead atoms. The van der Waals surface area contributed by atoms with Crippen LogP contribution < -0.4 is 20.7 Å². The number of rotatable bonds is 4. The van der Waals surface area contributed by atoms with Crippen LogP contribution in [0.15, 0.2) is 24.3 Å². The van der Waals surface area contributed by atoms with Crippen LogP contribution in [-0.4, -0.2) is 91.9 Å². The van der Waals surface area contributed by atoms with Gasteiger partial charge in [-0.1, -0.05) is 18.6 Å². The molecule has 2 aliphatic heterocycles. The highest BCUT2D eigenvalue weighted by atomic mass is 16.5. The zero-order valence-electron chi connectivity index (χ0n) is 20.7. The van der Waals surface area contributed by atoms with E-state index in [-0.39, 0.29) is 43.7 Å². The van der Waals surface area contributed by atoms with Gasteiger partial charge < -0.3 is 30.5 Å². The maximum absolute atomic E-state index is 13.1. The minimum Gasteiger partial charge on any atom is -0.491 e. The summed E-state index contributed by atoms with van der Waals surface area (Å²) in [5.41, 5.74) is 0.292. The molecule has 2 heterocycles. The summed E-state index contributed by atoms with van der Waals surface area (Å²) in [6.45, 7) is 5.35. The lowest BCUT2D eigenvalue weighted by molar-refractivity contribution is -0.135. The Labute approximate surface area is 206 Å².